The van der Waals surface area contributed by atoms with Crippen molar-refractivity contribution in [3.8, 4) is 5.75 Å². The zero-order chi connectivity index (χ0) is 20.4. The Morgan fingerprint density at radius 2 is 1.97 bits per heavy atom. The number of nitrogens with zero attached hydrogens (tertiary/aromatic N) is 2. The monoisotopic (exact) mass is 391 g/mol. The van der Waals surface area contributed by atoms with Gasteiger partial charge in [0.1, 0.15) is 11.6 Å². The summed E-state index contributed by atoms with van der Waals surface area (Å²) in [4.78, 5) is 33.5. The zero-order valence-corrected chi connectivity index (χ0v) is 15.7. The maximum absolute atomic E-state index is 13.2. The normalized spacial score (nSPS) is 15.5. The van der Waals surface area contributed by atoms with E-state index in [0.717, 1.165) is 5.56 Å². The molecule has 1 aliphatic rings. The van der Waals surface area contributed by atoms with Gasteiger partial charge in [-0.25, -0.2) is 14.4 Å². The molecule has 0 bridgehead atoms. The molecule has 0 radical (unpaired) electrons. The van der Waals surface area contributed by atoms with Gasteiger partial charge < -0.3 is 4.74 Å². The lowest BCUT2D eigenvalue weighted by molar-refractivity contribution is 0.0962. The summed E-state index contributed by atoms with van der Waals surface area (Å²) < 4.78 is 18.3. The molecule has 0 spiro atoms. The molecule has 1 aliphatic carbocycles. The van der Waals surface area contributed by atoms with Gasteiger partial charge in [0.25, 0.3) is 5.91 Å². The number of Topliss-reactive ketones (excluding diaryl/α,β-unsaturated/α-hetero) is 1. The van der Waals surface area contributed by atoms with E-state index in [1.54, 1.807) is 36.4 Å². The highest BCUT2D eigenvalue weighted by atomic mass is 19.1. The van der Waals surface area contributed by atoms with Crippen molar-refractivity contribution in [2.75, 3.05) is 12.4 Å². The number of carbonyl (C=O) groups excluding carboxylic acids is 2. The van der Waals surface area contributed by atoms with E-state index in [9.17, 15) is 14.0 Å². The second-order valence-electron chi connectivity index (χ2n) is 6.82. The molecule has 2 aromatic carbocycles. The van der Waals surface area contributed by atoms with Crippen LogP contribution < -0.4 is 10.1 Å². The number of fused-ring (bicyclic) bond motifs is 1. The predicted octanol–water partition coefficient (Wildman–Crippen LogP) is 3.79. The number of amides is 1. The number of benzene rings is 2. The molecule has 1 amide bonds. The first-order valence-corrected chi connectivity index (χ1v) is 9.13. The highest BCUT2D eigenvalue weighted by molar-refractivity contribution is 6.04. The van der Waals surface area contributed by atoms with Crippen molar-refractivity contribution in [1.29, 1.82) is 0 Å². The van der Waals surface area contributed by atoms with Crippen LogP contribution >= 0.6 is 0 Å². The molecule has 1 aromatic heterocycles. The van der Waals surface area contributed by atoms with Crippen LogP contribution in [-0.4, -0.2) is 28.8 Å². The van der Waals surface area contributed by atoms with E-state index in [1.807, 2.05) is 0 Å². The van der Waals surface area contributed by atoms with E-state index in [4.69, 9.17) is 4.74 Å². The summed E-state index contributed by atoms with van der Waals surface area (Å²) >= 11 is 0. The maximum atomic E-state index is 13.2. The summed E-state index contributed by atoms with van der Waals surface area (Å²) in [6.45, 7) is 0. The van der Waals surface area contributed by atoms with Crippen molar-refractivity contribution in [3.63, 3.8) is 0 Å². The minimum absolute atomic E-state index is 0.0637. The summed E-state index contributed by atoms with van der Waals surface area (Å²) in [7, 11) is 1.53. The average molecular weight is 391 g/mol. The van der Waals surface area contributed by atoms with Crippen molar-refractivity contribution >= 4 is 17.6 Å². The molecule has 4 rings (SSSR count). The summed E-state index contributed by atoms with van der Waals surface area (Å²) in [5, 5.41) is 2.66. The van der Waals surface area contributed by atoms with Crippen LogP contribution in [0.4, 0.5) is 10.3 Å². The Kier molecular flexibility index (Phi) is 5.03. The number of ether oxygens (including phenoxy) is 1. The van der Waals surface area contributed by atoms with Crippen LogP contribution in [0, 0.1) is 5.82 Å². The molecular formula is C22H18FN3O3. The van der Waals surface area contributed by atoms with Gasteiger partial charge in [-0.3, -0.25) is 14.9 Å². The standard InChI is InChI=1S/C22H18FN3O3/c1-29-17-4-2-3-14(9-17)21(28)26-22-24-12-18-19(25-22)10-15(11-20(18)27)13-5-7-16(23)8-6-13/h2-9,12,15H,10-11H2,1H3,(H,24,25,26,28)/t15-/m0/s1. The second kappa shape index (κ2) is 7.79. The molecule has 0 fully saturated rings. The fourth-order valence-electron chi connectivity index (χ4n) is 3.41. The number of nitrogens with one attached hydrogen (secondary N) is 1. The molecule has 7 heteroatoms. The molecule has 1 heterocycles. The Morgan fingerprint density at radius 1 is 1.17 bits per heavy atom. The van der Waals surface area contributed by atoms with Gasteiger partial charge in [-0.2, -0.15) is 0 Å². The Hall–Kier alpha value is -3.61. The second-order valence-corrected chi connectivity index (χ2v) is 6.82. The summed E-state index contributed by atoms with van der Waals surface area (Å²) in [6.07, 6.45) is 2.28. The van der Waals surface area contributed by atoms with Gasteiger partial charge in [-0.15, -0.1) is 0 Å². The van der Waals surface area contributed by atoms with Crippen LogP contribution in [0.15, 0.2) is 54.7 Å². The first kappa shape index (κ1) is 18.7. The van der Waals surface area contributed by atoms with E-state index in [2.05, 4.69) is 15.3 Å². The number of hydrogen-bond acceptors (Lipinski definition) is 5. The molecule has 0 unspecified atom stereocenters. The number of aromatic nitrogens is 2. The number of anilines is 1. The number of carbonyl (C=O) groups is 2. The molecule has 6 nitrogen and oxygen atoms in total. The SMILES string of the molecule is COc1cccc(C(=O)Nc2ncc3c(n2)C[C@H](c2ccc(F)cc2)CC3=O)c1. The number of hydrogen-bond donors (Lipinski definition) is 1. The first-order chi connectivity index (χ1) is 14.0. The van der Waals surface area contributed by atoms with E-state index in [0.29, 0.717) is 35.4 Å². The van der Waals surface area contributed by atoms with Gasteiger partial charge in [0.05, 0.1) is 18.4 Å². The van der Waals surface area contributed by atoms with E-state index in [-0.39, 0.29) is 29.4 Å². The minimum atomic E-state index is -0.374. The van der Waals surface area contributed by atoms with Crippen molar-refractivity contribution in [2.45, 2.75) is 18.8 Å². The number of halogens is 1. The lowest BCUT2D eigenvalue weighted by Crippen LogP contribution is -2.22. The molecule has 1 atom stereocenters. The number of rotatable bonds is 4. The van der Waals surface area contributed by atoms with Crippen molar-refractivity contribution in [3.05, 3.63) is 82.9 Å². The molecule has 146 valence electrons. The fourth-order valence-corrected chi connectivity index (χ4v) is 3.41. The molecular weight excluding hydrogens is 373 g/mol. The summed E-state index contributed by atoms with van der Waals surface area (Å²) in [6, 6.07) is 12.9. The molecule has 0 aliphatic heterocycles. The lowest BCUT2D eigenvalue weighted by Gasteiger charge is -2.23. The number of methoxy groups -OCH3 is 1. The van der Waals surface area contributed by atoms with Gasteiger partial charge in [-0.05, 0) is 48.2 Å². The van der Waals surface area contributed by atoms with Gasteiger partial charge in [-0.1, -0.05) is 18.2 Å². The van der Waals surface area contributed by atoms with Crippen LogP contribution in [0.5, 0.6) is 5.75 Å². The third kappa shape index (κ3) is 3.99. The fraction of sp³-hybridized carbons (Fsp3) is 0.182. The molecule has 29 heavy (non-hydrogen) atoms. The number of ketones is 1. The molecule has 3 aromatic rings. The van der Waals surface area contributed by atoms with Crippen LogP contribution in [0.25, 0.3) is 0 Å². The Balaban J connectivity index is 1.56. The lowest BCUT2D eigenvalue weighted by atomic mass is 9.82. The van der Waals surface area contributed by atoms with E-state index >= 15 is 0 Å². The van der Waals surface area contributed by atoms with Crippen LogP contribution in [0.3, 0.4) is 0 Å². The Morgan fingerprint density at radius 3 is 2.72 bits per heavy atom. The van der Waals surface area contributed by atoms with E-state index in [1.165, 1.54) is 25.4 Å². The highest BCUT2D eigenvalue weighted by Crippen LogP contribution is 2.32. The molecule has 0 saturated carbocycles. The smallest absolute Gasteiger partial charge is 0.258 e. The van der Waals surface area contributed by atoms with Gasteiger partial charge in [0.15, 0.2) is 5.78 Å². The van der Waals surface area contributed by atoms with Crippen LogP contribution in [0.1, 0.15) is 44.3 Å². The third-order valence-corrected chi connectivity index (χ3v) is 4.94. The quantitative estimate of drug-likeness (QED) is 0.732. The zero-order valence-electron chi connectivity index (χ0n) is 15.7. The first-order valence-electron chi connectivity index (χ1n) is 9.13. The topological polar surface area (TPSA) is 81.2 Å². The maximum Gasteiger partial charge on any atom is 0.258 e. The third-order valence-electron chi connectivity index (χ3n) is 4.94. The van der Waals surface area contributed by atoms with Gasteiger partial charge in [0.2, 0.25) is 5.95 Å². The average Bonchev–Trinajstić information content (AvgIpc) is 2.74. The van der Waals surface area contributed by atoms with Crippen molar-refractivity contribution in [1.82, 2.24) is 9.97 Å². The molecule has 1 N–H and O–H groups in total. The Bertz CT molecular complexity index is 1080. The summed E-state index contributed by atoms with van der Waals surface area (Å²) in [5.41, 5.74) is 2.33. The van der Waals surface area contributed by atoms with Gasteiger partial charge >= 0.3 is 0 Å². The summed E-state index contributed by atoms with van der Waals surface area (Å²) in [5.74, 6) is -0.151. The van der Waals surface area contributed by atoms with Crippen LogP contribution in [-0.2, 0) is 6.42 Å². The van der Waals surface area contributed by atoms with Crippen molar-refractivity contribution < 1.29 is 18.7 Å². The predicted molar refractivity (Wildman–Crippen MR) is 105 cm³/mol. The highest BCUT2D eigenvalue weighted by Gasteiger charge is 2.28. The van der Waals surface area contributed by atoms with Crippen molar-refractivity contribution in [2.24, 2.45) is 0 Å². The van der Waals surface area contributed by atoms with E-state index < -0.39 is 0 Å². The van der Waals surface area contributed by atoms with Crippen LogP contribution in [0.2, 0.25) is 0 Å². The largest absolute Gasteiger partial charge is 0.497 e. The molecule has 0 saturated heterocycles. The minimum Gasteiger partial charge on any atom is -0.497 e. The van der Waals surface area contributed by atoms with Gasteiger partial charge in [0, 0.05) is 18.2 Å². The Labute approximate surface area is 166 Å².